The van der Waals surface area contributed by atoms with Gasteiger partial charge in [-0.25, -0.2) is 9.37 Å². The number of hydrogen-bond acceptors (Lipinski definition) is 2. The van der Waals surface area contributed by atoms with Gasteiger partial charge in [-0.1, -0.05) is 19.9 Å². The predicted molar refractivity (Wildman–Crippen MR) is 85.8 cm³/mol. The largest absolute Gasteiger partial charge is 0.330 e. The van der Waals surface area contributed by atoms with Crippen molar-refractivity contribution in [1.82, 2.24) is 9.55 Å². The number of rotatable bonds is 6. The molecule has 0 aliphatic heterocycles. The number of imidazole rings is 1. The molecular formula is C17H26FN3. The van der Waals surface area contributed by atoms with E-state index in [1.165, 1.54) is 6.07 Å². The van der Waals surface area contributed by atoms with Gasteiger partial charge in [-0.2, -0.15) is 0 Å². The Morgan fingerprint density at radius 1 is 1.29 bits per heavy atom. The smallest absolute Gasteiger partial charge is 0.151 e. The SMILES string of the molecule is CC(C)n1c(CCC(C)(C)CCN)nc2c(F)cccc21. The fourth-order valence-electron chi connectivity index (χ4n) is 2.85. The Kier molecular flexibility index (Phi) is 4.67. The lowest BCUT2D eigenvalue weighted by atomic mass is 9.84. The number of nitrogens with zero attached hydrogens (tertiary/aromatic N) is 2. The van der Waals surface area contributed by atoms with Gasteiger partial charge in [0.25, 0.3) is 0 Å². The third-order valence-electron chi connectivity index (χ3n) is 4.11. The Morgan fingerprint density at radius 2 is 2.00 bits per heavy atom. The molecule has 0 bridgehead atoms. The summed E-state index contributed by atoms with van der Waals surface area (Å²) in [6, 6.07) is 5.44. The second-order valence-corrected chi connectivity index (χ2v) is 6.80. The van der Waals surface area contributed by atoms with Crippen LogP contribution in [0.15, 0.2) is 18.2 Å². The van der Waals surface area contributed by atoms with Crippen molar-refractivity contribution in [3.8, 4) is 0 Å². The number of aromatic nitrogens is 2. The summed E-state index contributed by atoms with van der Waals surface area (Å²) in [6.07, 6.45) is 2.84. The maximum Gasteiger partial charge on any atom is 0.151 e. The highest BCUT2D eigenvalue weighted by atomic mass is 19.1. The average Bonchev–Trinajstić information content (AvgIpc) is 2.76. The zero-order valence-corrected chi connectivity index (χ0v) is 13.5. The summed E-state index contributed by atoms with van der Waals surface area (Å²) >= 11 is 0. The summed E-state index contributed by atoms with van der Waals surface area (Å²) < 4.78 is 16.1. The molecule has 1 heterocycles. The molecule has 0 atom stereocenters. The lowest BCUT2D eigenvalue weighted by Gasteiger charge is -2.24. The van der Waals surface area contributed by atoms with Crippen molar-refractivity contribution in [2.45, 2.75) is 53.0 Å². The average molecular weight is 291 g/mol. The lowest BCUT2D eigenvalue weighted by Crippen LogP contribution is -2.19. The zero-order valence-electron chi connectivity index (χ0n) is 13.5. The van der Waals surface area contributed by atoms with Crippen molar-refractivity contribution >= 4 is 11.0 Å². The summed E-state index contributed by atoms with van der Waals surface area (Å²) in [7, 11) is 0. The van der Waals surface area contributed by atoms with E-state index in [0.29, 0.717) is 12.1 Å². The maximum atomic E-state index is 13.9. The molecular weight excluding hydrogens is 265 g/mol. The van der Waals surface area contributed by atoms with Gasteiger partial charge >= 0.3 is 0 Å². The molecule has 0 spiro atoms. The topological polar surface area (TPSA) is 43.8 Å². The van der Waals surface area contributed by atoms with Crippen LogP contribution in [0.1, 0.15) is 52.4 Å². The molecule has 0 amide bonds. The molecule has 1 aromatic carbocycles. The number of fused-ring (bicyclic) bond motifs is 1. The van der Waals surface area contributed by atoms with Crippen LogP contribution in [0.2, 0.25) is 0 Å². The standard InChI is InChI=1S/C17H26FN3/c1-12(2)21-14-7-5-6-13(18)16(14)20-15(21)8-9-17(3,4)10-11-19/h5-7,12H,8-11,19H2,1-4H3. The number of aryl methyl sites for hydroxylation is 1. The Bertz CT molecular complexity index is 614. The van der Waals surface area contributed by atoms with Crippen molar-refractivity contribution in [2.24, 2.45) is 11.1 Å². The van der Waals surface area contributed by atoms with Crippen LogP contribution in [-0.2, 0) is 6.42 Å². The van der Waals surface area contributed by atoms with Crippen LogP contribution in [0.5, 0.6) is 0 Å². The van der Waals surface area contributed by atoms with E-state index in [4.69, 9.17) is 5.73 Å². The highest BCUT2D eigenvalue weighted by Gasteiger charge is 2.20. The molecule has 21 heavy (non-hydrogen) atoms. The third kappa shape index (κ3) is 3.43. The first-order chi connectivity index (χ1) is 9.85. The van der Waals surface area contributed by atoms with Crippen molar-refractivity contribution < 1.29 is 4.39 Å². The van der Waals surface area contributed by atoms with Gasteiger partial charge in [-0.15, -0.1) is 0 Å². The molecule has 0 unspecified atom stereocenters. The molecule has 1 aromatic heterocycles. The Labute approximate surface area is 126 Å². The van der Waals surface area contributed by atoms with Crippen molar-refractivity contribution in [3.05, 3.63) is 29.8 Å². The molecule has 0 saturated carbocycles. The van der Waals surface area contributed by atoms with Crippen LogP contribution < -0.4 is 5.73 Å². The number of halogens is 1. The van der Waals surface area contributed by atoms with Crippen LogP contribution >= 0.6 is 0 Å². The highest BCUT2D eigenvalue weighted by Crippen LogP contribution is 2.29. The normalized spacial score (nSPS) is 12.5. The first-order valence-electron chi connectivity index (χ1n) is 7.71. The second kappa shape index (κ2) is 6.14. The molecule has 0 saturated heterocycles. The van der Waals surface area contributed by atoms with Gasteiger partial charge in [0.1, 0.15) is 11.3 Å². The van der Waals surface area contributed by atoms with E-state index >= 15 is 0 Å². The fraction of sp³-hybridized carbons (Fsp3) is 0.588. The summed E-state index contributed by atoms with van der Waals surface area (Å²) in [5, 5.41) is 0. The van der Waals surface area contributed by atoms with Crippen molar-refractivity contribution in [3.63, 3.8) is 0 Å². The minimum Gasteiger partial charge on any atom is -0.330 e. The molecule has 116 valence electrons. The molecule has 0 radical (unpaired) electrons. The first kappa shape index (κ1) is 16.0. The molecule has 2 aromatic rings. The number of nitrogens with two attached hydrogens (primary N) is 1. The van der Waals surface area contributed by atoms with Crippen LogP contribution in [0.3, 0.4) is 0 Å². The van der Waals surface area contributed by atoms with Crippen LogP contribution in [0.4, 0.5) is 4.39 Å². The summed E-state index contributed by atoms with van der Waals surface area (Å²) in [5.41, 5.74) is 7.23. The Hall–Kier alpha value is -1.42. The van der Waals surface area contributed by atoms with Gasteiger partial charge in [0.05, 0.1) is 5.52 Å². The van der Waals surface area contributed by atoms with Crippen molar-refractivity contribution in [1.29, 1.82) is 0 Å². The van der Waals surface area contributed by atoms with Gasteiger partial charge in [-0.3, -0.25) is 0 Å². The van der Waals surface area contributed by atoms with E-state index in [2.05, 4.69) is 37.2 Å². The zero-order chi connectivity index (χ0) is 15.6. The molecule has 2 rings (SSSR count). The molecule has 3 nitrogen and oxygen atoms in total. The fourth-order valence-corrected chi connectivity index (χ4v) is 2.85. The Morgan fingerprint density at radius 3 is 2.62 bits per heavy atom. The minimum absolute atomic E-state index is 0.188. The van der Waals surface area contributed by atoms with Gasteiger partial charge < -0.3 is 10.3 Å². The monoisotopic (exact) mass is 291 g/mol. The van der Waals surface area contributed by atoms with Crippen LogP contribution in [-0.4, -0.2) is 16.1 Å². The second-order valence-electron chi connectivity index (χ2n) is 6.80. The quantitative estimate of drug-likeness (QED) is 0.872. The number of hydrogen-bond donors (Lipinski definition) is 1. The number of para-hydroxylation sites is 1. The van der Waals surface area contributed by atoms with E-state index in [0.717, 1.165) is 30.6 Å². The van der Waals surface area contributed by atoms with E-state index in [1.54, 1.807) is 6.07 Å². The maximum absolute atomic E-state index is 13.9. The lowest BCUT2D eigenvalue weighted by molar-refractivity contribution is 0.308. The third-order valence-corrected chi connectivity index (χ3v) is 4.11. The van der Waals surface area contributed by atoms with Crippen molar-refractivity contribution in [2.75, 3.05) is 6.54 Å². The molecule has 2 N–H and O–H groups in total. The van der Waals surface area contributed by atoms with E-state index in [1.807, 2.05) is 6.07 Å². The summed E-state index contributed by atoms with van der Waals surface area (Å²) in [4.78, 5) is 4.55. The van der Waals surface area contributed by atoms with Gasteiger partial charge in [-0.05, 0) is 50.8 Å². The van der Waals surface area contributed by atoms with Gasteiger partial charge in [0.15, 0.2) is 5.82 Å². The highest BCUT2D eigenvalue weighted by molar-refractivity contribution is 5.76. The molecule has 0 aliphatic carbocycles. The van der Waals surface area contributed by atoms with E-state index in [9.17, 15) is 4.39 Å². The van der Waals surface area contributed by atoms with Gasteiger partial charge in [0, 0.05) is 12.5 Å². The first-order valence-corrected chi connectivity index (χ1v) is 7.71. The molecule has 0 fully saturated rings. The predicted octanol–water partition coefficient (Wildman–Crippen LogP) is 4.06. The molecule has 4 heteroatoms. The Balaban J connectivity index is 2.35. The summed E-state index contributed by atoms with van der Waals surface area (Å²) in [6.45, 7) is 9.37. The number of benzene rings is 1. The van der Waals surface area contributed by atoms with Crippen LogP contribution in [0, 0.1) is 11.2 Å². The van der Waals surface area contributed by atoms with Crippen LogP contribution in [0.25, 0.3) is 11.0 Å². The minimum atomic E-state index is -0.241. The van der Waals surface area contributed by atoms with E-state index < -0.39 is 0 Å². The van der Waals surface area contributed by atoms with Gasteiger partial charge in [0.2, 0.25) is 0 Å². The molecule has 0 aliphatic rings. The summed E-state index contributed by atoms with van der Waals surface area (Å²) in [5.74, 6) is 0.726. The van der Waals surface area contributed by atoms with E-state index in [-0.39, 0.29) is 17.3 Å².